The average molecular weight is 268 g/mol. The molecule has 0 fully saturated rings. The van der Waals surface area contributed by atoms with Crippen molar-refractivity contribution < 1.29 is 9.18 Å². The van der Waals surface area contributed by atoms with Crippen LogP contribution >= 0.6 is 11.6 Å². The Morgan fingerprint density at radius 1 is 1.56 bits per heavy atom. The number of carbonyl (C=O) groups excluding carboxylic acids is 1. The maximum atomic E-state index is 13.7. The molecule has 0 aliphatic rings. The lowest BCUT2D eigenvalue weighted by molar-refractivity contribution is 0.0777. The molecule has 6 heteroatoms. The summed E-state index contributed by atoms with van der Waals surface area (Å²) in [7, 11) is 1.57. The van der Waals surface area contributed by atoms with Crippen molar-refractivity contribution in [3.05, 3.63) is 52.8 Å². The van der Waals surface area contributed by atoms with Gasteiger partial charge in [-0.05, 0) is 12.1 Å². The summed E-state index contributed by atoms with van der Waals surface area (Å²) in [6.07, 6.45) is 3.25. The van der Waals surface area contributed by atoms with Gasteiger partial charge in [0.1, 0.15) is 5.82 Å². The average Bonchev–Trinajstić information content (AvgIpc) is 2.84. The molecule has 94 valence electrons. The van der Waals surface area contributed by atoms with E-state index in [0.29, 0.717) is 5.82 Å². The summed E-state index contributed by atoms with van der Waals surface area (Å²) >= 11 is 5.64. The van der Waals surface area contributed by atoms with Crippen LogP contribution < -0.4 is 0 Å². The van der Waals surface area contributed by atoms with Crippen LogP contribution in [0.2, 0.25) is 5.02 Å². The zero-order valence-electron chi connectivity index (χ0n) is 9.65. The Morgan fingerprint density at radius 3 is 3.00 bits per heavy atom. The van der Waals surface area contributed by atoms with E-state index in [1.54, 1.807) is 25.5 Å². The predicted octanol–water partition coefficient (Wildman–Crippen LogP) is 2.47. The van der Waals surface area contributed by atoms with Crippen molar-refractivity contribution in [3.63, 3.8) is 0 Å². The summed E-state index contributed by atoms with van der Waals surface area (Å²) in [5.41, 5.74) is -0.0449. The summed E-state index contributed by atoms with van der Waals surface area (Å²) in [6, 6.07) is 4.35. The van der Waals surface area contributed by atoms with Gasteiger partial charge in [0.05, 0.1) is 17.1 Å². The third-order valence-electron chi connectivity index (χ3n) is 2.47. The minimum atomic E-state index is -0.699. The van der Waals surface area contributed by atoms with Crippen LogP contribution in [-0.4, -0.2) is 27.8 Å². The van der Waals surface area contributed by atoms with Gasteiger partial charge in [0.2, 0.25) is 0 Å². The van der Waals surface area contributed by atoms with Crippen LogP contribution in [0.15, 0.2) is 30.6 Å². The molecule has 1 N–H and O–H groups in total. The summed E-state index contributed by atoms with van der Waals surface area (Å²) in [6.45, 7) is 0.276. The molecule has 0 bridgehead atoms. The van der Waals surface area contributed by atoms with E-state index in [9.17, 15) is 9.18 Å². The lowest BCUT2D eigenvalue weighted by atomic mass is 10.2. The van der Waals surface area contributed by atoms with Gasteiger partial charge >= 0.3 is 0 Å². The van der Waals surface area contributed by atoms with Gasteiger partial charge < -0.3 is 9.88 Å². The lowest BCUT2D eigenvalue weighted by Gasteiger charge is -2.16. The number of halogens is 2. The van der Waals surface area contributed by atoms with Gasteiger partial charge in [-0.15, -0.1) is 0 Å². The minimum Gasteiger partial charge on any atom is -0.347 e. The molecular weight excluding hydrogens is 257 g/mol. The first-order valence-corrected chi connectivity index (χ1v) is 5.65. The standard InChI is InChI=1S/C12H11ClFN3O/c1-17(7-10-15-5-6-16-10)12(18)8-3-2-4-9(13)11(8)14/h2-6H,7H2,1H3,(H,15,16). The normalized spacial score (nSPS) is 10.4. The Labute approximate surface area is 108 Å². The van der Waals surface area contributed by atoms with Gasteiger partial charge in [-0.2, -0.15) is 0 Å². The first-order chi connectivity index (χ1) is 8.59. The minimum absolute atomic E-state index is 0.0449. The molecular formula is C12H11ClFN3O. The van der Waals surface area contributed by atoms with Gasteiger partial charge in [-0.1, -0.05) is 17.7 Å². The van der Waals surface area contributed by atoms with E-state index >= 15 is 0 Å². The van der Waals surface area contributed by atoms with E-state index in [1.807, 2.05) is 0 Å². The van der Waals surface area contributed by atoms with Gasteiger partial charge in [0, 0.05) is 19.4 Å². The molecule has 0 unspecified atom stereocenters. The van der Waals surface area contributed by atoms with Crippen molar-refractivity contribution in [2.45, 2.75) is 6.54 Å². The third-order valence-corrected chi connectivity index (χ3v) is 2.76. The van der Waals surface area contributed by atoms with Gasteiger partial charge in [-0.25, -0.2) is 9.37 Å². The summed E-state index contributed by atoms with van der Waals surface area (Å²) in [5.74, 6) is -0.504. The highest BCUT2D eigenvalue weighted by Crippen LogP contribution is 2.19. The fourth-order valence-electron chi connectivity index (χ4n) is 1.56. The van der Waals surface area contributed by atoms with Crippen molar-refractivity contribution in [2.75, 3.05) is 7.05 Å². The molecule has 0 saturated heterocycles. The number of aromatic amines is 1. The predicted molar refractivity (Wildman–Crippen MR) is 65.8 cm³/mol. The SMILES string of the molecule is CN(Cc1ncc[nH]1)C(=O)c1cccc(Cl)c1F. The van der Waals surface area contributed by atoms with Crippen molar-refractivity contribution in [3.8, 4) is 0 Å². The van der Waals surface area contributed by atoms with Gasteiger partial charge in [0.25, 0.3) is 5.91 Å². The van der Waals surface area contributed by atoms with Crippen molar-refractivity contribution >= 4 is 17.5 Å². The van der Waals surface area contributed by atoms with E-state index in [0.717, 1.165) is 0 Å². The zero-order valence-corrected chi connectivity index (χ0v) is 10.4. The molecule has 1 aromatic heterocycles. The first kappa shape index (κ1) is 12.6. The highest BCUT2D eigenvalue weighted by Gasteiger charge is 2.18. The number of nitrogens with one attached hydrogen (secondary N) is 1. The van der Waals surface area contributed by atoms with E-state index in [2.05, 4.69) is 9.97 Å². The van der Waals surface area contributed by atoms with Crippen LogP contribution in [0.4, 0.5) is 4.39 Å². The van der Waals surface area contributed by atoms with Crippen LogP contribution in [0.25, 0.3) is 0 Å². The number of carbonyl (C=O) groups is 1. The summed E-state index contributed by atoms with van der Waals surface area (Å²) in [5, 5.41) is -0.0627. The highest BCUT2D eigenvalue weighted by molar-refractivity contribution is 6.31. The number of H-pyrrole nitrogens is 1. The largest absolute Gasteiger partial charge is 0.347 e. The molecule has 0 saturated carbocycles. The maximum Gasteiger partial charge on any atom is 0.257 e. The first-order valence-electron chi connectivity index (χ1n) is 5.27. The molecule has 1 amide bonds. The Balaban J connectivity index is 2.18. The second-order valence-corrected chi connectivity index (χ2v) is 4.21. The molecule has 2 aromatic rings. The molecule has 0 radical (unpaired) electrons. The fourth-order valence-corrected chi connectivity index (χ4v) is 1.73. The Morgan fingerprint density at radius 2 is 2.33 bits per heavy atom. The van der Waals surface area contributed by atoms with E-state index in [4.69, 9.17) is 11.6 Å². The Kier molecular flexibility index (Phi) is 3.62. The van der Waals surface area contributed by atoms with Crippen LogP contribution in [0.1, 0.15) is 16.2 Å². The Hall–Kier alpha value is -1.88. The number of hydrogen-bond acceptors (Lipinski definition) is 2. The van der Waals surface area contributed by atoms with Gasteiger partial charge in [0.15, 0.2) is 5.82 Å². The molecule has 0 aliphatic carbocycles. The quantitative estimate of drug-likeness (QED) is 0.929. The van der Waals surface area contributed by atoms with Crippen molar-refractivity contribution in [1.82, 2.24) is 14.9 Å². The smallest absolute Gasteiger partial charge is 0.257 e. The number of benzene rings is 1. The molecule has 1 heterocycles. The number of hydrogen-bond donors (Lipinski definition) is 1. The molecule has 0 aliphatic heterocycles. The highest BCUT2D eigenvalue weighted by atomic mass is 35.5. The Bertz CT molecular complexity index is 556. The fraction of sp³-hybridized carbons (Fsp3) is 0.167. The van der Waals surface area contributed by atoms with Crippen molar-refractivity contribution in [1.29, 1.82) is 0 Å². The van der Waals surface area contributed by atoms with E-state index in [-0.39, 0.29) is 17.1 Å². The molecule has 2 rings (SSSR count). The number of rotatable bonds is 3. The zero-order chi connectivity index (χ0) is 13.1. The van der Waals surface area contributed by atoms with Crippen LogP contribution in [-0.2, 0) is 6.54 Å². The number of nitrogens with zero attached hydrogens (tertiary/aromatic N) is 2. The van der Waals surface area contributed by atoms with Crippen LogP contribution in [0.5, 0.6) is 0 Å². The van der Waals surface area contributed by atoms with Crippen molar-refractivity contribution in [2.24, 2.45) is 0 Å². The summed E-state index contributed by atoms with van der Waals surface area (Å²) in [4.78, 5) is 20.3. The lowest BCUT2D eigenvalue weighted by Crippen LogP contribution is -2.27. The molecule has 4 nitrogen and oxygen atoms in total. The monoisotopic (exact) mass is 267 g/mol. The van der Waals surface area contributed by atoms with E-state index in [1.165, 1.54) is 17.0 Å². The maximum absolute atomic E-state index is 13.7. The van der Waals surface area contributed by atoms with Gasteiger partial charge in [-0.3, -0.25) is 4.79 Å². The number of aromatic nitrogens is 2. The molecule has 18 heavy (non-hydrogen) atoms. The van der Waals surface area contributed by atoms with Crippen LogP contribution in [0.3, 0.4) is 0 Å². The molecule has 0 atom stereocenters. The summed E-state index contributed by atoms with van der Waals surface area (Å²) < 4.78 is 13.7. The van der Waals surface area contributed by atoms with E-state index < -0.39 is 11.7 Å². The second-order valence-electron chi connectivity index (χ2n) is 3.80. The molecule has 1 aromatic carbocycles. The number of imidazole rings is 1. The topological polar surface area (TPSA) is 49.0 Å². The molecule has 0 spiro atoms. The number of amides is 1. The second kappa shape index (κ2) is 5.18. The third kappa shape index (κ3) is 2.51. The van der Waals surface area contributed by atoms with Crippen LogP contribution in [0, 0.1) is 5.82 Å².